The third-order valence-electron chi connectivity index (χ3n) is 12.0. The van der Waals surface area contributed by atoms with Crippen LogP contribution < -0.4 is 16.3 Å². The Hall–Kier alpha value is -4.85. The second-order valence-electron chi connectivity index (χ2n) is 16.3. The molecule has 13 heteroatoms. The van der Waals surface area contributed by atoms with Crippen LogP contribution in [0, 0.1) is 0 Å². The first kappa shape index (κ1) is 42.3. The van der Waals surface area contributed by atoms with Crippen LogP contribution in [0.4, 0.5) is 5.95 Å². The number of carbonyl (C=O) groups excluding carboxylic acids is 2. The Labute approximate surface area is 346 Å². The number of para-hydroxylation sites is 1. The number of anilines is 1. The Kier molecular flexibility index (Phi) is 14.6. The molecule has 3 N–H and O–H groups in total. The molecule has 2 fully saturated rings. The minimum Gasteiger partial charge on any atom is -0.393 e. The number of unbranched alkanes of at least 4 members (excludes halogenated alkanes) is 3. The number of aromatic nitrogens is 5. The van der Waals surface area contributed by atoms with Gasteiger partial charge in [-0.05, 0) is 99.8 Å². The van der Waals surface area contributed by atoms with Crippen LogP contribution in [-0.4, -0.2) is 79.7 Å². The first-order valence-corrected chi connectivity index (χ1v) is 21.9. The first-order chi connectivity index (χ1) is 28.8. The number of imide groups is 1. The summed E-state index contributed by atoms with van der Waals surface area (Å²) in [6.45, 7) is 5.72. The molecule has 1 saturated carbocycles. The molecule has 0 spiro atoms. The van der Waals surface area contributed by atoms with Crippen LogP contribution in [0.25, 0.3) is 33.2 Å². The molecule has 0 bridgehead atoms. The molecular formula is C46H61N7O6. The zero-order valence-electron chi connectivity index (χ0n) is 34.8. The summed E-state index contributed by atoms with van der Waals surface area (Å²) < 4.78 is 17.3. The Balaban J connectivity index is 0.791. The molecule has 1 aliphatic heterocycles. The van der Waals surface area contributed by atoms with Crippen molar-refractivity contribution in [1.82, 2.24) is 29.0 Å². The van der Waals surface area contributed by atoms with Crippen LogP contribution in [0.1, 0.15) is 114 Å². The van der Waals surface area contributed by atoms with Crippen molar-refractivity contribution in [2.75, 3.05) is 38.3 Å². The van der Waals surface area contributed by atoms with E-state index in [1.165, 1.54) is 15.7 Å². The van der Waals surface area contributed by atoms with E-state index in [1.807, 2.05) is 24.4 Å². The van der Waals surface area contributed by atoms with Crippen molar-refractivity contribution in [1.29, 1.82) is 0 Å². The van der Waals surface area contributed by atoms with Crippen LogP contribution >= 0.6 is 0 Å². The average molecular weight is 808 g/mol. The number of carbonyl (C=O) groups is 2. The zero-order valence-corrected chi connectivity index (χ0v) is 34.8. The molecule has 1 aliphatic carbocycles. The molecule has 2 aliphatic rings. The number of benzene rings is 2. The Bertz CT molecular complexity index is 2230. The molecular weight excluding hydrogens is 747 g/mol. The van der Waals surface area contributed by atoms with E-state index >= 15 is 0 Å². The van der Waals surface area contributed by atoms with Gasteiger partial charge >= 0.3 is 5.69 Å². The second-order valence-corrected chi connectivity index (χ2v) is 16.3. The number of nitrogens with zero attached hydrogens (tertiary/aromatic N) is 5. The average Bonchev–Trinajstić information content (AvgIpc) is 3.74. The van der Waals surface area contributed by atoms with E-state index in [1.54, 1.807) is 11.6 Å². The van der Waals surface area contributed by atoms with Gasteiger partial charge in [0.15, 0.2) is 0 Å². The smallest absolute Gasteiger partial charge is 0.329 e. The zero-order chi connectivity index (χ0) is 41.1. The minimum absolute atomic E-state index is 0.199. The lowest BCUT2D eigenvalue weighted by molar-refractivity contribution is -0.135. The maximum atomic E-state index is 13.2. The molecule has 59 heavy (non-hydrogen) atoms. The molecule has 1 unspecified atom stereocenters. The molecule has 1 saturated heterocycles. The first-order valence-electron chi connectivity index (χ1n) is 21.9. The highest BCUT2D eigenvalue weighted by molar-refractivity contribution is 6.00. The maximum Gasteiger partial charge on any atom is 0.329 e. The predicted molar refractivity (Wildman–Crippen MR) is 231 cm³/mol. The summed E-state index contributed by atoms with van der Waals surface area (Å²) in [7, 11) is 1.73. The van der Waals surface area contributed by atoms with Gasteiger partial charge in [0.05, 0.1) is 17.1 Å². The van der Waals surface area contributed by atoms with Crippen molar-refractivity contribution >= 4 is 39.8 Å². The Morgan fingerprint density at radius 3 is 2.39 bits per heavy atom. The van der Waals surface area contributed by atoms with Crippen LogP contribution in [0.15, 0.2) is 59.7 Å². The number of imidazole rings is 1. The fraction of sp³-hybridized carbons (Fsp3) is 0.543. The van der Waals surface area contributed by atoms with Crippen LogP contribution in [-0.2, 0) is 39.0 Å². The summed E-state index contributed by atoms with van der Waals surface area (Å²) in [5.74, 6) is -0.0438. The van der Waals surface area contributed by atoms with Crippen molar-refractivity contribution in [2.45, 2.75) is 121 Å². The summed E-state index contributed by atoms with van der Waals surface area (Å²) in [5.41, 5.74) is 6.95. The predicted octanol–water partition coefficient (Wildman–Crippen LogP) is 7.19. The lowest BCUT2D eigenvalue weighted by atomic mass is 9.93. The summed E-state index contributed by atoms with van der Waals surface area (Å²) >= 11 is 0. The standard InChI is InChI=1S/C46H61N7O6/c1-3-4-25-47-45-48-30-37-38(31-52(43(37)50-45)35-19-21-36(54)22-20-35)33-17-15-32(16-18-33)11-6-5-7-26-58-28-10-29-59-27-9-13-34-12-8-14-39-42(34)51(2)46(57)53(39)40-23-24-41(55)49-44(40)56/h8,12,14-18,30-31,35-36,40,54H,3-7,9-11,13,19-29H2,1-2H3,(H,47,48,50)(H,49,55,56). The van der Waals surface area contributed by atoms with E-state index in [-0.39, 0.29) is 24.1 Å². The number of amides is 2. The number of fused-ring (bicyclic) bond motifs is 2. The topological polar surface area (TPSA) is 155 Å². The van der Waals surface area contributed by atoms with E-state index in [9.17, 15) is 19.5 Å². The van der Waals surface area contributed by atoms with Crippen LogP contribution in [0.2, 0.25) is 0 Å². The molecule has 4 heterocycles. The molecule has 0 radical (unpaired) electrons. The highest BCUT2D eigenvalue weighted by Crippen LogP contribution is 2.37. The summed E-state index contributed by atoms with van der Waals surface area (Å²) in [6, 6.07) is 14.4. The van der Waals surface area contributed by atoms with Crippen molar-refractivity contribution in [3.05, 3.63) is 76.5 Å². The monoisotopic (exact) mass is 807 g/mol. The Morgan fingerprint density at radius 2 is 1.63 bits per heavy atom. The summed E-state index contributed by atoms with van der Waals surface area (Å²) in [6.07, 6.45) is 17.0. The third kappa shape index (κ3) is 10.3. The second kappa shape index (κ2) is 20.4. The lowest BCUT2D eigenvalue weighted by Gasteiger charge is -2.27. The molecule has 5 aromatic rings. The number of ether oxygens (including phenoxy) is 2. The van der Waals surface area contributed by atoms with Gasteiger partial charge in [0.1, 0.15) is 11.7 Å². The number of piperidine rings is 1. The van der Waals surface area contributed by atoms with Gasteiger partial charge in [0.25, 0.3) is 0 Å². The van der Waals surface area contributed by atoms with E-state index in [0.29, 0.717) is 43.7 Å². The van der Waals surface area contributed by atoms with Gasteiger partial charge in [0.2, 0.25) is 17.8 Å². The van der Waals surface area contributed by atoms with E-state index in [2.05, 4.69) is 57.6 Å². The number of aliphatic hydroxyl groups excluding tert-OH is 1. The number of nitrogens with one attached hydrogen (secondary N) is 2. The van der Waals surface area contributed by atoms with Gasteiger partial charge in [-0.1, -0.05) is 56.2 Å². The molecule has 3 aromatic heterocycles. The molecule has 2 amide bonds. The number of aryl methyl sites for hydroxylation is 3. The van der Waals surface area contributed by atoms with Gasteiger partial charge in [-0.25, -0.2) is 9.78 Å². The van der Waals surface area contributed by atoms with Crippen molar-refractivity contribution < 1.29 is 24.2 Å². The van der Waals surface area contributed by atoms with Gasteiger partial charge in [-0.15, -0.1) is 0 Å². The number of hydrogen-bond acceptors (Lipinski definition) is 9. The number of hydrogen-bond donors (Lipinski definition) is 3. The number of aliphatic hydroxyl groups is 1. The van der Waals surface area contributed by atoms with Crippen LogP contribution in [0.5, 0.6) is 0 Å². The van der Waals surface area contributed by atoms with Gasteiger partial charge < -0.3 is 24.5 Å². The molecule has 316 valence electrons. The fourth-order valence-corrected chi connectivity index (χ4v) is 8.68. The molecule has 13 nitrogen and oxygen atoms in total. The summed E-state index contributed by atoms with van der Waals surface area (Å²) in [4.78, 5) is 47.0. The highest BCUT2D eigenvalue weighted by atomic mass is 16.5. The summed E-state index contributed by atoms with van der Waals surface area (Å²) in [5, 5.41) is 17.0. The van der Waals surface area contributed by atoms with Crippen molar-refractivity contribution in [3.63, 3.8) is 0 Å². The highest BCUT2D eigenvalue weighted by Gasteiger charge is 2.31. The van der Waals surface area contributed by atoms with E-state index in [0.717, 1.165) is 124 Å². The Morgan fingerprint density at radius 1 is 0.864 bits per heavy atom. The largest absolute Gasteiger partial charge is 0.393 e. The van der Waals surface area contributed by atoms with Gasteiger partial charge in [0, 0.05) is 75.8 Å². The normalized spacial score (nSPS) is 18.5. The molecule has 1 atom stereocenters. The van der Waals surface area contributed by atoms with Gasteiger partial charge in [-0.2, -0.15) is 4.98 Å². The number of rotatable bonds is 21. The van der Waals surface area contributed by atoms with Crippen molar-refractivity contribution in [2.24, 2.45) is 7.05 Å². The quantitative estimate of drug-likeness (QED) is 0.0517. The fourth-order valence-electron chi connectivity index (χ4n) is 8.68. The molecule has 7 rings (SSSR count). The SMILES string of the molecule is CCCCNc1ncc2c(-c3ccc(CCCCCOCCCOCCCc4cccc5c4n(C)c(=O)n5C4CCC(=O)NC4=O)cc3)cn(C3CCC(O)CC3)c2n1. The van der Waals surface area contributed by atoms with Crippen LogP contribution in [0.3, 0.4) is 0 Å². The third-order valence-corrected chi connectivity index (χ3v) is 12.0. The van der Waals surface area contributed by atoms with E-state index < -0.39 is 11.9 Å². The van der Waals surface area contributed by atoms with Crippen molar-refractivity contribution in [3.8, 4) is 11.1 Å². The van der Waals surface area contributed by atoms with Gasteiger partial charge in [-0.3, -0.25) is 24.0 Å². The lowest BCUT2D eigenvalue weighted by Crippen LogP contribution is -2.44. The maximum absolute atomic E-state index is 13.2. The van der Waals surface area contributed by atoms with E-state index in [4.69, 9.17) is 14.5 Å². The molecule has 2 aromatic carbocycles. The minimum atomic E-state index is -0.686.